The molecule has 20 heavy (non-hydrogen) atoms. The zero-order chi connectivity index (χ0) is 14.4. The molecular formula is C16H16Cl2OS. The number of rotatable bonds is 6. The Balaban J connectivity index is 1.88. The van der Waals surface area contributed by atoms with E-state index >= 15 is 0 Å². The fourth-order valence-electron chi connectivity index (χ4n) is 1.84. The molecular weight excluding hydrogens is 311 g/mol. The first-order valence-electron chi connectivity index (χ1n) is 6.37. The van der Waals surface area contributed by atoms with Gasteiger partial charge in [-0.15, -0.1) is 35.8 Å². The van der Waals surface area contributed by atoms with Crippen LogP contribution in [0, 0.1) is 0 Å². The SMILES string of the molecule is Sc1cc(CCl)ccc1OCCc1ccc(CCl)cc1. The van der Waals surface area contributed by atoms with Crippen LogP contribution in [0.3, 0.4) is 0 Å². The number of thiol groups is 1. The fraction of sp³-hybridized carbons (Fsp3) is 0.250. The van der Waals surface area contributed by atoms with Gasteiger partial charge in [0.2, 0.25) is 0 Å². The van der Waals surface area contributed by atoms with Gasteiger partial charge in [-0.1, -0.05) is 30.3 Å². The van der Waals surface area contributed by atoms with Crippen LogP contribution in [0.1, 0.15) is 16.7 Å². The Morgan fingerprint density at radius 3 is 2.05 bits per heavy atom. The molecule has 0 unspecified atom stereocenters. The van der Waals surface area contributed by atoms with E-state index in [4.69, 9.17) is 27.9 Å². The van der Waals surface area contributed by atoms with Crippen molar-refractivity contribution in [2.24, 2.45) is 0 Å². The van der Waals surface area contributed by atoms with E-state index in [0.29, 0.717) is 18.4 Å². The van der Waals surface area contributed by atoms with Gasteiger partial charge in [-0.2, -0.15) is 0 Å². The average molecular weight is 327 g/mol. The maximum absolute atomic E-state index is 5.78. The molecule has 0 spiro atoms. The van der Waals surface area contributed by atoms with Gasteiger partial charge in [0.15, 0.2) is 0 Å². The van der Waals surface area contributed by atoms with Gasteiger partial charge in [0, 0.05) is 23.1 Å². The number of hydrogen-bond donors (Lipinski definition) is 1. The fourth-order valence-corrected chi connectivity index (χ4v) is 2.49. The van der Waals surface area contributed by atoms with Crippen LogP contribution in [0.4, 0.5) is 0 Å². The molecule has 0 fully saturated rings. The van der Waals surface area contributed by atoms with Crippen LogP contribution >= 0.6 is 35.8 Å². The van der Waals surface area contributed by atoms with Gasteiger partial charge >= 0.3 is 0 Å². The molecule has 0 heterocycles. The second-order valence-electron chi connectivity index (χ2n) is 4.48. The molecule has 0 bridgehead atoms. The summed E-state index contributed by atoms with van der Waals surface area (Å²) in [7, 11) is 0. The first-order chi connectivity index (χ1) is 9.72. The topological polar surface area (TPSA) is 9.23 Å². The van der Waals surface area contributed by atoms with Gasteiger partial charge in [-0.25, -0.2) is 0 Å². The van der Waals surface area contributed by atoms with Crippen molar-refractivity contribution in [3.05, 3.63) is 59.2 Å². The average Bonchev–Trinajstić information content (AvgIpc) is 2.49. The van der Waals surface area contributed by atoms with Gasteiger partial charge in [-0.3, -0.25) is 0 Å². The predicted molar refractivity (Wildman–Crippen MR) is 88.4 cm³/mol. The maximum atomic E-state index is 5.78. The minimum absolute atomic E-state index is 0.487. The van der Waals surface area contributed by atoms with E-state index in [1.165, 1.54) is 5.56 Å². The van der Waals surface area contributed by atoms with Crippen LogP contribution in [0.25, 0.3) is 0 Å². The van der Waals surface area contributed by atoms with Crippen molar-refractivity contribution in [1.29, 1.82) is 0 Å². The molecule has 4 heteroatoms. The summed E-state index contributed by atoms with van der Waals surface area (Å²) in [4.78, 5) is 0.820. The normalized spacial score (nSPS) is 10.6. The molecule has 0 N–H and O–H groups in total. The first kappa shape index (κ1) is 15.6. The van der Waals surface area contributed by atoms with Gasteiger partial charge in [-0.05, 0) is 28.8 Å². The van der Waals surface area contributed by atoms with Crippen molar-refractivity contribution in [3.8, 4) is 5.75 Å². The minimum Gasteiger partial charge on any atom is -0.492 e. The number of halogens is 2. The van der Waals surface area contributed by atoms with E-state index in [1.54, 1.807) is 0 Å². The number of alkyl halides is 2. The van der Waals surface area contributed by atoms with Crippen LogP contribution < -0.4 is 4.74 Å². The zero-order valence-corrected chi connectivity index (χ0v) is 13.4. The van der Waals surface area contributed by atoms with E-state index in [-0.39, 0.29) is 0 Å². The second-order valence-corrected chi connectivity index (χ2v) is 5.50. The molecule has 0 atom stereocenters. The third-order valence-electron chi connectivity index (χ3n) is 3.00. The van der Waals surface area contributed by atoms with Gasteiger partial charge in [0.05, 0.1) is 6.61 Å². The van der Waals surface area contributed by atoms with Crippen molar-refractivity contribution >= 4 is 35.8 Å². The highest BCUT2D eigenvalue weighted by Crippen LogP contribution is 2.24. The summed E-state index contributed by atoms with van der Waals surface area (Å²) in [6.45, 7) is 0.619. The van der Waals surface area contributed by atoms with Crippen LogP contribution in [-0.4, -0.2) is 6.61 Å². The zero-order valence-electron chi connectivity index (χ0n) is 11.0. The smallest absolute Gasteiger partial charge is 0.132 e. The number of ether oxygens (including phenoxy) is 1. The van der Waals surface area contributed by atoms with Crippen LogP contribution in [0.5, 0.6) is 5.75 Å². The van der Waals surface area contributed by atoms with Crippen molar-refractivity contribution in [2.45, 2.75) is 23.1 Å². The molecule has 0 aliphatic heterocycles. The molecule has 0 saturated carbocycles. The Bertz CT molecular complexity index is 555. The Hall–Kier alpha value is -0.830. The Morgan fingerprint density at radius 1 is 0.850 bits per heavy atom. The summed E-state index contributed by atoms with van der Waals surface area (Å²) in [5, 5.41) is 0. The monoisotopic (exact) mass is 326 g/mol. The highest BCUT2D eigenvalue weighted by atomic mass is 35.5. The van der Waals surface area contributed by atoms with Crippen molar-refractivity contribution in [3.63, 3.8) is 0 Å². The Kier molecular flexibility index (Phi) is 6.08. The van der Waals surface area contributed by atoms with Gasteiger partial charge in [0.25, 0.3) is 0 Å². The summed E-state index contributed by atoms with van der Waals surface area (Å²) in [5.74, 6) is 1.83. The molecule has 1 nitrogen and oxygen atoms in total. The number of hydrogen-bond acceptors (Lipinski definition) is 2. The quantitative estimate of drug-likeness (QED) is 0.575. The molecule has 2 rings (SSSR count). The van der Waals surface area contributed by atoms with E-state index < -0.39 is 0 Å². The van der Waals surface area contributed by atoms with Gasteiger partial charge in [0.1, 0.15) is 5.75 Å². The molecule has 0 saturated heterocycles. The maximum Gasteiger partial charge on any atom is 0.132 e. The third-order valence-corrected chi connectivity index (χ3v) is 3.97. The van der Waals surface area contributed by atoms with E-state index in [1.807, 2.05) is 30.3 Å². The summed E-state index contributed by atoms with van der Waals surface area (Å²) in [5.41, 5.74) is 3.41. The summed E-state index contributed by atoms with van der Waals surface area (Å²) >= 11 is 15.9. The molecule has 2 aromatic carbocycles. The lowest BCUT2D eigenvalue weighted by atomic mass is 10.1. The third kappa shape index (κ3) is 4.34. The lowest BCUT2D eigenvalue weighted by Gasteiger charge is -2.09. The molecule has 0 aliphatic rings. The standard InChI is InChI=1S/C16H16Cl2OS/c17-10-13-3-1-12(2-4-13)7-8-19-15-6-5-14(11-18)9-16(15)20/h1-6,9,20H,7-8,10-11H2. The summed E-state index contributed by atoms with van der Waals surface area (Å²) in [6.07, 6.45) is 0.854. The van der Waals surface area contributed by atoms with Crippen molar-refractivity contribution in [2.75, 3.05) is 6.61 Å². The number of benzene rings is 2. The van der Waals surface area contributed by atoms with Crippen molar-refractivity contribution < 1.29 is 4.74 Å². The Morgan fingerprint density at radius 2 is 1.45 bits per heavy atom. The largest absolute Gasteiger partial charge is 0.492 e. The summed E-state index contributed by atoms with van der Waals surface area (Å²) < 4.78 is 5.75. The van der Waals surface area contributed by atoms with Crippen LogP contribution in [-0.2, 0) is 18.2 Å². The predicted octanol–water partition coefficient (Wildman–Crippen LogP) is 5.07. The molecule has 106 valence electrons. The highest BCUT2D eigenvalue weighted by Gasteiger charge is 2.02. The molecule has 0 amide bonds. The van der Waals surface area contributed by atoms with Crippen LogP contribution in [0.2, 0.25) is 0 Å². The van der Waals surface area contributed by atoms with E-state index in [2.05, 4.69) is 24.8 Å². The highest BCUT2D eigenvalue weighted by molar-refractivity contribution is 7.80. The minimum atomic E-state index is 0.487. The van der Waals surface area contributed by atoms with E-state index in [0.717, 1.165) is 28.2 Å². The molecule has 0 radical (unpaired) electrons. The lowest BCUT2D eigenvalue weighted by molar-refractivity contribution is 0.314. The Labute approximate surface area is 135 Å². The van der Waals surface area contributed by atoms with E-state index in [9.17, 15) is 0 Å². The summed E-state index contributed by atoms with van der Waals surface area (Å²) in [6, 6.07) is 14.1. The van der Waals surface area contributed by atoms with Crippen molar-refractivity contribution in [1.82, 2.24) is 0 Å². The lowest BCUT2D eigenvalue weighted by Crippen LogP contribution is -2.02. The second kappa shape index (κ2) is 7.82. The molecule has 0 aromatic heterocycles. The molecule has 0 aliphatic carbocycles. The first-order valence-corrected chi connectivity index (χ1v) is 7.89. The van der Waals surface area contributed by atoms with Gasteiger partial charge < -0.3 is 4.74 Å². The van der Waals surface area contributed by atoms with Crippen LogP contribution in [0.15, 0.2) is 47.4 Å². The molecule has 2 aromatic rings.